The van der Waals surface area contributed by atoms with E-state index in [4.69, 9.17) is 4.74 Å². The molecule has 1 aromatic rings. The number of aliphatic imine (C=N–C) groups is 1. The van der Waals surface area contributed by atoms with E-state index in [2.05, 4.69) is 4.99 Å². The molecular formula is C15H18N2O3. The zero-order valence-corrected chi connectivity index (χ0v) is 12.0. The number of rotatable bonds is 2. The smallest absolute Gasteiger partial charge is 0.357 e. The molecule has 0 radical (unpaired) electrons. The third kappa shape index (κ3) is 2.58. The summed E-state index contributed by atoms with van der Waals surface area (Å²) in [5.41, 5.74) is 1.78. The highest BCUT2D eigenvalue weighted by Gasteiger charge is 2.28. The van der Waals surface area contributed by atoms with Crippen molar-refractivity contribution in [2.75, 3.05) is 7.11 Å². The summed E-state index contributed by atoms with van der Waals surface area (Å²) in [5.74, 6) is -0.519. The van der Waals surface area contributed by atoms with Crippen LogP contribution in [0.15, 0.2) is 35.5 Å². The van der Waals surface area contributed by atoms with Crippen LogP contribution < -0.4 is 0 Å². The number of methoxy groups -OCH3 is 1. The van der Waals surface area contributed by atoms with Crippen LogP contribution >= 0.6 is 0 Å². The lowest BCUT2D eigenvalue weighted by Gasteiger charge is -2.28. The summed E-state index contributed by atoms with van der Waals surface area (Å²) in [6, 6.07) is 7.39. The van der Waals surface area contributed by atoms with Crippen LogP contribution in [0.1, 0.15) is 26.3 Å². The SMILES string of the molecule is COC(=O)C1=Nc2ccccc2/C1=C/N(O)C(C)(C)C. The van der Waals surface area contributed by atoms with Gasteiger partial charge in [-0.1, -0.05) is 18.2 Å². The van der Waals surface area contributed by atoms with E-state index in [0.29, 0.717) is 11.3 Å². The van der Waals surface area contributed by atoms with E-state index in [9.17, 15) is 10.0 Å². The fourth-order valence-electron chi connectivity index (χ4n) is 1.81. The molecule has 0 saturated carbocycles. The molecule has 0 bridgehead atoms. The van der Waals surface area contributed by atoms with Crippen LogP contribution in [-0.2, 0) is 9.53 Å². The van der Waals surface area contributed by atoms with Crippen LogP contribution in [0.5, 0.6) is 0 Å². The highest BCUT2D eigenvalue weighted by Crippen LogP contribution is 2.35. The zero-order chi connectivity index (χ0) is 14.9. The van der Waals surface area contributed by atoms with Gasteiger partial charge in [0.25, 0.3) is 0 Å². The number of hydroxylamine groups is 2. The Balaban J connectivity index is 2.50. The second-order valence-electron chi connectivity index (χ2n) is 5.53. The Morgan fingerprint density at radius 2 is 2.00 bits per heavy atom. The number of fused-ring (bicyclic) bond motifs is 1. The van der Waals surface area contributed by atoms with E-state index in [1.165, 1.54) is 13.3 Å². The average Bonchev–Trinajstić information content (AvgIpc) is 2.76. The standard InChI is InChI=1S/C15H18N2O3/c1-15(2,3)17(19)9-11-10-7-5-6-8-12(10)16-13(11)14(18)20-4/h5-9,19H,1-4H3/b11-9-. The summed E-state index contributed by atoms with van der Waals surface area (Å²) in [6.45, 7) is 5.58. The summed E-state index contributed by atoms with van der Waals surface area (Å²) >= 11 is 0. The van der Waals surface area contributed by atoms with Crippen molar-refractivity contribution in [3.63, 3.8) is 0 Å². The second-order valence-corrected chi connectivity index (χ2v) is 5.53. The van der Waals surface area contributed by atoms with Gasteiger partial charge < -0.3 is 4.74 Å². The van der Waals surface area contributed by atoms with Gasteiger partial charge in [0, 0.05) is 17.3 Å². The molecule has 1 aliphatic heterocycles. The summed E-state index contributed by atoms with van der Waals surface area (Å²) in [5, 5.41) is 11.2. The van der Waals surface area contributed by atoms with E-state index in [0.717, 1.165) is 10.6 Å². The van der Waals surface area contributed by atoms with Gasteiger partial charge in [-0.2, -0.15) is 0 Å². The lowest BCUT2D eigenvalue weighted by Crippen LogP contribution is -2.35. The minimum Gasteiger partial charge on any atom is -0.464 e. The maximum absolute atomic E-state index is 11.8. The van der Waals surface area contributed by atoms with Crippen LogP contribution in [0.2, 0.25) is 0 Å². The summed E-state index contributed by atoms with van der Waals surface area (Å²) in [7, 11) is 1.31. The van der Waals surface area contributed by atoms with E-state index >= 15 is 0 Å². The molecule has 5 nitrogen and oxygen atoms in total. The van der Waals surface area contributed by atoms with Crippen molar-refractivity contribution >= 4 is 22.9 Å². The molecule has 0 spiro atoms. The van der Waals surface area contributed by atoms with Gasteiger partial charge in [-0.25, -0.2) is 9.79 Å². The van der Waals surface area contributed by atoms with Crippen molar-refractivity contribution in [1.29, 1.82) is 0 Å². The monoisotopic (exact) mass is 274 g/mol. The molecule has 0 atom stereocenters. The summed E-state index contributed by atoms with van der Waals surface area (Å²) in [6.07, 6.45) is 1.52. The van der Waals surface area contributed by atoms with Crippen LogP contribution in [0.4, 0.5) is 5.69 Å². The first-order valence-electron chi connectivity index (χ1n) is 6.31. The minimum absolute atomic E-state index is 0.206. The molecule has 0 saturated heterocycles. The number of para-hydroxylation sites is 1. The van der Waals surface area contributed by atoms with E-state index < -0.39 is 11.5 Å². The number of hydrogen-bond donors (Lipinski definition) is 1. The van der Waals surface area contributed by atoms with Crippen LogP contribution in [-0.4, -0.2) is 34.6 Å². The first-order chi connectivity index (χ1) is 9.34. The van der Waals surface area contributed by atoms with Crippen molar-refractivity contribution in [2.24, 2.45) is 4.99 Å². The molecule has 1 aliphatic rings. The van der Waals surface area contributed by atoms with E-state index in [1.54, 1.807) is 0 Å². The normalized spacial score (nSPS) is 15.8. The van der Waals surface area contributed by atoms with Crippen molar-refractivity contribution in [3.05, 3.63) is 36.0 Å². The molecule has 1 N–H and O–H groups in total. The Hall–Kier alpha value is -2.14. The molecular weight excluding hydrogens is 256 g/mol. The zero-order valence-electron chi connectivity index (χ0n) is 12.0. The predicted octanol–water partition coefficient (Wildman–Crippen LogP) is 2.78. The fourth-order valence-corrected chi connectivity index (χ4v) is 1.81. The van der Waals surface area contributed by atoms with Crippen molar-refractivity contribution in [1.82, 2.24) is 5.06 Å². The topological polar surface area (TPSA) is 62.1 Å². The number of benzene rings is 1. The molecule has 1 heterocycles. The van der Waals surface area contributed by atoms with Gasteiger partial charge in [-0.3, -0.25) is 10.3 Å². The highest BCUT2D eigenvalue weighted by atomic mass is 16.5. The Morgan fingerprint density at radius 1 is 1.35 bits per heavy atom. The molecule has 0 amide bonds. The van der Waals surface area contributed by atoms with E-state index in [-0.39, 0.29) is 5.71 Å². The van der Waals surface area contributed by atoms with Crippen LogP contribution in [0.25, 0.3) is 5.57 Å². The average molecular weight is 274 g/mol. The Labute approximate surface area is 118 Å². The molecule has 1 aromatic carbocycles. The number of ether oxygens (including phenoxy) is 1. The maximum Gasteiger partial charge on any atom is 0.357 e. The number of nitrogens with zero attached hydrogens (tertiary/aromatic N) is 2. The van der Waals surface area contributed by atoms with Crippen LogP contribution in [0.3, 0.4) is 0 Å². The number of esters is 1. The highest BCUT2D eigenvalue weighted by molar-refractivity contribution is 6.56. The third-order valence-electron chi connectivity index (χ3n) is 3.00. The summed E-state index contributed by atoms with van der Waals surface area (Å²) < 4.78 is 4.75. The van der Waals surface area contributed by atoms with Gasteiger partial charge in [0.05, 0.1) is 18.3 Å². The Morgan fingerprint density at radius 3 is 2.60 bits per heavy atom. The fraction of sp³-hybridized carbons (Fsp3) is 0.333. The maximum atomic E-state index is 11.8. The minimum atomic E-state index is -0.519. The van der Waals surface area contributed by atoms with Gasteiger partial charge >= 0.3 is 5.97 Å². The number of hydrogen-bond acceptors (Lipinski definition) is 5. The van der Waals surface area contributed by atoms with Crippen molar-refractivity contribution in [3.8, 4) is 0 Å². The molecule has 106 valence electrons. The molecule has 0 unspecified atom stereocenters. The summed E-state index contributed by atoms with van der Waals surface area (Å²) in [4.78, 5) is 16.1. The van der Waals surface area contributed by atoms with Gasteiger partial charge in [0.2, 0.25) is 0 Å². The van der Waals surface area contributed by atoms with Crippen molar-refractivity contribution < 1.29 is 14.7 Å². The van der Waals surface area contributed by atoms with Gasteiger partial charge in [0.1, 0.15) is 0 Å². The second kappa shape index (κ2) is 5.09. The lowest BCUT2D eigenvalue weighted by molar-refractivity contribution is -0.132. The largest absolute Gasteiger partial charge is 0.464 e. The van der Waals surface area contributed by atoms with Gasteiger partial charge in [-0.05, 0) is 26.8 Å². The number of carbonyl (C=O) groups excluding carboxylic acids is 1. The Kier molecular flexibility index (Phi) is 3.63. The molecule has 0 aromatic heterocycles. The molecule has 20 heavy (non-hydrogen) atoms. The van der Waals surface area contributed by atoms with Gasteiger partial charge in [0.15, 0.2) is 5.71 Å². The molecule has 5 heteroatoms. The predicted molar refractivity (Wildman–Crippen MR) is 76.9 cm³/mol. The number of carbonyl (C=O) groups is 1. The first-order valence-corrected chi connectivity index (χ1v) is 6.31. The van der Waals surface area contributed by atoms with E-state index in [1.807, 2.05) is 45.0 Å². The molecule has 0 aliphatic carbocycles. The van der Waals surface area contributed by atoms with Gasteiger partial charge in [-0.15, -0.1) is 0 Å². The third-order valence-corrected chi connectivity index (χ3v) is 3.00. The first kappa shape index (κ1) is 14.3. The van der Waals surface area contributed by atoms with Crippen LogP contribution in [0, 0.1) is 0 Å². The molecule has 2 rings (SSSR count). The molecule has 0 fully saturated rings. The lowest BCUT2D eigenvalue weighted by atomic mass is 10.0. The Bertz CT molecular complexity index is 597. The quantitative estimate of drug-likeness (QED) is 0.665. The van der Waals surface area contributed by atoms with Crippen molar-refractivity contribution in [2.45, 2.75) is 26.3 Å².